The molecule has 0 N–H and O–H groups in total. The lowest BCUT2D eigenvalue weighted by atomic mass is 10.1. The van der Waals surface area contributed by atoms with E-state index in [-0.39, 0.29) is 0 Å². The van der Waals surface area contributed by atoms with Crippen LogP contribution in [0.25, 0.3) is 0 Å². The quantitative estimate of drug-likeness (QED) is 0.850. The van der Waals surface area contributed by atoms with E-state index in [9.17, 15) is 0 Å². The molecule has 0 saturated carbocycles. The Kier molecular flexibility index (Phi) is 3.92. The van der Waals surface area contributed by atoms with Crippen LogP contribution in [0, 0.1) is 25.2 Å². The number of aryl methyl sites for hydroxylation is 2. The summed E-state index contributed by atoms with van der Waals surface area (Å²) in [6.45, 7) is 7.88. The number of benzene rings is 1. The highest BCUT2D eigenvalue weighted by Gasteiger charge is 2.20. The van der Waals surface area contributed by atoms with E-state index in [0.717, 1.165) is 26.2 Å². The maximum absolute atomic E-state index is 8.94. The lowest BCUT2D eigenvalue weighted by molar-refractivity contribution is 0.638. The second-order valence-electron chi connectivity index (χ2n) is 5.62. The van der Waals surface area contributed by atoms with Crippen LogP contribution in [0.2, 0.25) is 0 Å². The minimum atomic E-state index is 0.418. The van der Waals surface area contributed by atoms with Gasteiger partial charge in [-0.15, -0.1) is 0 Å². The van der Waals surface area contributed by atoms with Crippen LogP contribution in [-0.2, 0) is 0 Å². The van der Waals surface area contributed by atoms with E-state index >= 15 is 0 Å². The molecule has 0 atom stereocenters. The number of nitrogens with zero attached hydrogens (tertiary/aromatic N) is 5. The maximum Gasteiger partial charge on any atom is 0.226 e. The number of piperazine rings is 1. The molecule has 1 aromatic carbocycles. The molecule has 0 unspecified atom stereocenters. The summed E-state index contributed by atoms with van der Waals surface area (Å²) in [6, 6.07) is 10.3. The van der Waals surface area contributed by atoms with Gasteiger partial charge in [-0.2, -0.15) is 5.26 Å². The Hall–Kier alpha value is -2.61. The van der Waals surface area contributed by atoms with Crippen LogP contribution >= 0.6 is 0 Å². The zero-order valence-electron chi connectivity index (χ0n) is 13.0. The van der Waals surface area contributed by atoms with Crippen LogP contribution in [0.1, 0.15) is 16.8 Å². The van der Waals surface area contributed by atoms with Crippen molar-refractivity contribution < 1.29 is 0 Å². The first-order chi connectivity index (χ1) is 10.7. The predicted octanol–water partition coefficient (Wildman–Crippen LogP) is 2.29. The molecule has 22 heavy (non-hydrogen) atoms. The van der Waals surface area contributed by atoms with Crippen molar-refractivity contribution in [1.82, 2.24) is 9.97 Å². The molecule has 1 aliphatic heterocycles. The largest absolute Gasteiger partial charge is 0.368 e. The summed E-state index contributed by atoms with van der Waals surface area (Å²) < 4.78 is 0. The average molecular weight is 293 g/mol. The lowest BCUT2D eigenvalue weighted by Crippen LogP contribution is -2.47. The van der Waals surface area contributed by atoms with E-state index in [0.29, 0.717) is 11.6 Å². The van der Waals surface area contributed by atoms with Gasteiger partial charge in [-0.1, -0.05) is 12.1 Å². The van der Waals surface area contributed by atoms with Gasteiger partial charge < -0.3 is 9.80 Å². The zero-order valence-corrected chi connectivity index (χ0v) is 13.0. The van der Waals surface area contributed by atoms with Crippen LogP contribution in [0.5, 0.6) is 0 Å². The summed E-state index contributed by atoms with van der Waals surface area (Å²) in [5, 5.41) is 8.94. The number of rotatable bonds is 2. The van der Waals surface area contributed by atoms with Gasteiger partial charge in [0.2, 0.25) is 5.95 Å². The summed E-state index contributed by atoms with van der Waals surface area (Å²) in [7, 11) is 0. The Morgan fingerprint density at radius 3 is 2.50 bits per heavy atom. The van der Waals surface area contributed by atoms with Gasteiger partial charge in [0, 0.05) is 38.1 Å². The van der Waals surface area contributed by atoms with Crippen molar-refractivity contribution in [2.24, 2.45) is 0 Å². The fraction of sp³-hybridized carbons (Fsp3) is 0.353. The number of nitriles is 1. The molecule has 0 bridgehead atoms. The summed E-state index contributed by atoms with van der Waals surface area (Å²) in [6.07, 6.45) is 1.65. The van der Waals surface area contributed by atoms with E-state index < -0.39 is 0 Å². The fourth-order valence-electron chi connectivity index (χ4n) is 2.77. The van der Waals surface area contributed by atoms with E-state index in [1.54, 1.807) is 12.3 Å². The smallest absolute Gasteiger partial charge is 0.226 e. The molecule has 0 aliphatic carbocycles. The molecule has 112 valence electrons. The van der Waals surface area contributed by atoms with Crippen molar-refractivity contribution >= 4 is 11.6 Å². The average Bonchev–Trinajstić information content (AvgIpc) is 2.57. The highest BCUT2D eigenvalue weighted by molar-refractivity contribution is 5.56. The third-order valence-corrected chi connectivity index (χ3v) is 4.03. The molecule has 5 nitrogen and oxygen atoms in total. The Balaban J connectivity index is 1.72. The predicted molar refractivity (Wildman–Crippen MR) is 87.1 cm³/mol. The van der Waals surface area contributed by atoms with Crippen molar-refractivity contribution in [3.05, 3.63) is 47.3 Å². The van der Waals surface area contributed by atoms with Gasteiger partial charge in [0.15, 0.2) is 0 Å². The maximum atomic E-state index is 8.94. The minimum Gasteiger partial charge on any atom is -0.368 e. The SMILES string of the molecule is Cc1ccc(C)c(N2CCN(c3nccc(C#N)n3)CC2)c1. The van der Waals surface area contributed by atoms with Crippen molar-refractivity contribution in [1.29, 1.82) is 5.26 Å². The van der Waals surface area contributed by atoms with Crippen LogP contribution in [0.3, 0.4) is 0 Å². The molecule has 2 aromatic rings. The number of hydrogen-bond acceptors (Lipinski definition) is 5. The van der Waals surface area contributed by atoms with Gasteiger partial charge in [0.05, 0.1) is 0 Å². The highest BCUT2D eigenvalue weighted by Crippen LogP contribution is 2.23. The van der Waals surface area contributed by atoms with Gasteiger partial charge in [-0.3, -0.25) is 0 Å². The van der Waals surface area contributed by atoms with Gasteiger partial charge in [0.1, 0.15) is 11.8 Å². The Morgan fingerprint density at radius 2 is 1.77 bits per heavy atom. The first-order valence-corrected chi connectivity index (χ1v) is 7.47. The zero-order chi connectivity index (χ0) is 15.5. The summed E-state index contributed by atoms with van der Waals surface area (Å²) >= 11 is 0. The molecule has 0 spiro atoms. The Labute approximate surface area is 130 Å². The minimum absolute atomic E-state index is 0.418. The fourth-order valence-corrected chi connectivity index (χ4v) is 2.77. The summed E-state index contributed by atoms with van der Waals surface area (Å²) in [4.78, 5) is 13.1. The van der Waals surface area contributed by atoms with Crippen LogP contribution in [0.4, 0.5) is 11.6 Å². The summed E-state index contributed by atoms with van der Waals surface area (Å²) in [5.41, 5.74) is 4.32. The Morgan fingerprint density at radius 1 is 1.05 bits per heavy atom. The number of hydrogen-bond donors (Lipinski definition) is 0. The van der Waals surface area contributed by atoms with Gasteiger partial charge in [0.25, 0.3) is 0 Å². The molecular formula is C17H19N5. The van der Waals surface area contributed by atoms with Crippen LogP contribution < -0.4 is 9.80 Å². The number of anilines is 2. The third kappa shape index (κ3) is 2.86. The van der Waals surface area contributed by atoms with Crippen LogP contribution in [-0.4, -0.2) is 36.1 Å². The lowest BCUT2D eigenvalue weighted by Gasteiger charge is -2.36. The normalized spacial score (nSPS) is 14.8. The van der Waals surface area contributed by atoms with E-state index in [1.165, 1.54) is 16.8 Å². The molecule has 0 amide bonds. The molecule has 1 aliphatic rings. The Bertz CT molecular complexity index is 711. The molecule has 0 radical (unpaired) electrons. The standard InChI is InChI=1S/C17H19N5/c1-13-3-4-14(2)16(11-13)21-7-9-22(10-8-21)17-19-6-5-15(12-18)20-17/h3-6,11H,7-10H2,1-2H3. The van der Waals surface area contributed by atoms with Crippen LogP contribution in [0.15, 0.2) is 30.5 Å². The molecule has 2 heterocycles. The monoisotopic (exact) mass is 293 g/mol. The number of aromatic nitrogens is 2. The van der Waals surface area contributed by atoms with E-state index in [1.807, 2.05) is 0 Å². The molecule has 1 fully saturated rings. The van der Waals surface area contributed by atoms with Crippen molar-refractivity contribution in [2.45, 2.75) is 13.8 Å². The topological polar surface area (TPSA) is 56.0 Å². The van der Waals surface area contributed by atoms with Crippen molar-refractivity contribution in [3.63, 3.8) is 0 Å². The molecular weight excluding hydrogens is 274 g/mol. The second-order valence-corrected chi connectivity index (χ2v) is 5.62. The second kappa shape index (κ2) is 6.02. The summed E-state index contributed by atoms with van der Waals surface area (Å²) in [5.74, 6) is 0.652. The van der Waals surface area contributed by atoms with Gasteiger partial charge in [-0.05, 0) is 37.1 Å². The molecule has 1 aromatic heterocycles. The van der Waals surface area contributed by atoms with Crippen molar-refractivity contribution in [2.75, 3.05) is 36.0 Å². The molecule has 3 rings (SSSR count). The molecule has 5 heteroatoms. The van der Waals surface area contributed by atoms with E-state index in [2.05, 4.69) is 57.9 Å². The van der Waals surface area contributed by atoms with Gasteiger partial charge >= 0.3 is 0 Å². The van der Waals surface area contributed by atoms with Crippen molar-refractivity contribution in [3.8, 4) is 6.07 Å². The van der Waals surface area contributed by atoms with E-state index in [4.69, 9.17) is 5.26 Å². The third-order valence-electron chi connectivity index (χ3n) is 4.03. The molecule has 1 saturated heterocycles. The first-order valence-electron chi connectivity index (χ1n) is 7.47. The van der Waals surface area contributed by atoms with Gasteiger partial charge in [-0.25, -0.2) is 9.97 Å². The highest BCUT2D eigenvalue weighted by atomic mass is 15.3. The first kappa shape index (κ1) is 14.3.